The van der Waals surface area contributed by atoms with E-state index in [1.165, 1.54) is 60.7 Å². The minimum atomic E-state index is -4.16. The van der Waals surface area contributed by atoms with Gasteiger partial charge in [-0.1, -0.05) is 75.7 Å². The molecule has 1 aliphatic rings. The number of nitrogens with zero attached hydrogens (tertiary/aromatic N) is 2. The van der Waals surface area contributed by atoms with Crippen molar-refractivity contribution >= 4 is 91.6 Å². The molecule has 0 fully saturated rings. The van der Waals surface area contributed by atoms with Gasteiger partial charge in [-0.05, 0) is 67.6 Å². The number of halogens is 5. The SMILES string of the molecule is Cc1ccc(S(=O)(=O)Oc2ccc(C(=O)CN(C(=O)c3ccc(Cl)cc3)N3C(=O)c4c(Cl)c(Cl)c(Cl)c(Cl)c4C3=O)cc2)cc1. The van der Waals surface area contributed by atoms with Gasteiger partial charge in [-0.15, -0.1) is 0 Å². The molecule has 9 nitrogen and oxygen atoms in total. The second kappa shape index (κ2) is 12.6. The first kappa shape index (κ1) is 32.7. The van der Waals surface area contributed by atoms with Gasteiger partial charge in [0.05, 0.1) is 31.2 Å². The number of fused-ring (bicyclic) bond motifs is 1. The molecule has 0 saturated carbocycles. The summed E-state index contributed by atoms with van der Waals surface area (Å²) in [6, 6.07) is 16.6. The quantitative estimate of drug-likeness (QED) is 0.0605. The lowest BCUT2D eigenvalue weighted by atomic mass is 10.1. The Morgan fingerprint density at radius 1 is 0.711 bits per heavy atom. The first-order valence-electron chi connectivity index (χ1n) is 12.7. The zero-order valence-corrected chi connectivity index (χ0v) is 27.3. The molecule has 0 atom stereocenters. The number of imide groups is 1. The smallest absolute Gasteiger partial charge is 0.339 e. The van der Waals surface area contributed by atoms with E-state index in [-0.39, 0.29) is 41.9 Å². The first-order valence-corrected chi connectivity index (χ1v) is 16.0. The van der Waals surface area contributed by atoms with Crippen molar-refractivity contribution in [2.45, 2.75) is 11.8 Å². The predicted octanol–water partition coefficient (Wildman–Crippen LogP) is 7.57. The van der Waals surface area contributed by atoms with E-state index in [9.17, 15) is 27.6 Å². The highest BCUT2D eigenvalue weighted by Gasteiger charge is 2.46. The lowest BCUT2D eigenvalue weighted by molar-refractivity contribution is 0.00532. The van der Waals surface area contributed by atoms with E-state index in [2.05, 4.69) is 0 Å². The minimum absolute atomic E-state index is 0.00255. The summed E-state index contributed by atoms with van der Waals surface area (Å²) in [6.45, 7) is 0.993. The first-order chi connectivity index (χ1) is 21.2. The number of aryl methyl sites for hydroxylation is 1. The van der Waals surface area contributed by atoms with Crippen LogP contribution in [-0.4, -0.2) is 48.5 Å². The summed E-state index contributed by atoms with van der Waals surface area (Å²) in [7, 11) is -4.16. The molecule has 0 saturated heterocycles. The van der Waals surface area contributed by atoms with Crippen LogP contribution in [0.2, 0.25) is 25.1 Å². The molecule has 0 bridgehead atoms. The fourth-order valence-corrected chi connectivity index (χ4v) is 6.41. The Labute approximate surface area is 281 Å². The molecule has 230 valence electrons. The second-order valence-electron chi connectivity index (χ2n) is 9.60. The van der Waals surface area contributed by atoms with Crippen molar-refractivity contribution in [3.63, 3.8) is 0 Å². The van der Waals surface area contributed by atoms with E-state index in [4.69, 9.17) is 62.2 Å². The summed E-state index contributed by atoms with van der Waals surface area (Å²) in [6.07, 6.45) is 0. The third kappa shape index (κ3) is 6.27. The highest BCUT2D eigenvalue weighted by atomic mass is 35.5. The van der Waals surface area contributed by atoms with E-state index < -0.39 is 51.3 Å². The maximum atomic E-state index is 13.7. The lowest BCUT2D eigenvalue weighted by Gasteiger charge is -2.29. The number of rotatable bonds is 8. The van der Waals surface area contributed by atoms with Gasteiger partial charge in [0.25, 0.3) is 17.7 Å². The van der Waals surface area contributed by atoms with Crippen LogP contribution in [0.5, 0.6) is 5.75 Å². The van der Waals surface area contributed by atoms with Gasteiger partial charge in [0.15, 0.2) is 5.78 Å². The van der Waals surface area contributed by atoms with Crippen LogP contribution in [0.3, 0.4) is 0 Å². The average molecular weight is 727 g/mol. The van der Waals surface area contributed by atoms with Crippen LogP contribution >= 0.6 is 58.0 Å². The Morgan fingerprint density at radius 3 is 1.71 bits per heavy atom. The van der Waals surface area contributed by atoms with Crippen LogP contribution in [-0.2, 0) is 10.1 Å². The molecule has 0 N–H and O–H groups in total. The fraction of sp³-hybridized carbons (Fsp3) is 0.0667. The van der Waals surface area contributed by atoms with Crippen molar-refractivity contribution < 1.29 is 31.8 Å². The number of hydrogen-bond acceptors (Lipinski definition) is 7. The van der Waals surface area contributed by atoms with E-state index in [1.54, 1.807) is 19.1 Å². The standard InChI is InChI=1S/C30H17Cl5N2O7S/c1-15-2-12-20(13-3-15)45(42,43)44-19-10-6-16(7-11-19)21(38)14-36(28(39)17-4-8-18(31)9-5-17)37-29(40)22-23(30(37)41)25(33)27(35)26(34)24(22)32/h2-13H,14H2,1H3. The van der Waals surface area contributed by atoms with Crippen molar-refractivity contribution in [1.29, 1.82) is 0 Å². The summed E-state index contributed by atoms with van der Waals surface area (Å²) in [5, 5.41) is 0.120. The molecule has 1 heterocycles. The maximum absolute atomic E-state index is 13.7. The van der Waals surface area contributed by atoms with Gasteiger partial charge in [-0.25, -0.2) is 5.01 Å². The summed E-state index contributed by atoms with van der Waals surface area (Å²) in [4.78, 5) is 54.2. The maximum Gasteiger partial charge on any atom is 0.339 e. The molecule has 3 amide bonds. The molecule has 4 aromatic rings. The van der Waals surface area contributed by atoms with Crippen molar-refractivity contribution in [2.24, 2.45) is 0 Å². The Bertz CT molecular complexity index is 1950. The van der Waals surface area contributed by atoms with Crippen molar-refractivity contribution in [3.8, 4) is 5.75 Å². The topological polar surface area (TPSA) is 118 Å². The highest BCUT2D eigenvalue weighted by molar-refractivity contribution is 7.87. The summed E-state index contributed by atoms with van der Waals surface area (Å²) >= 11 is 30.7. The largest absolute Gasteiger partial charge is 0.379 e. The highest BCUT2D eigenvalue weighted by Crippen LogP contribution is 2.45. The van der Waals surface area contributed by atoms with E-state index >= 15 is 0 Å². The van der Waals surface area contributed by atoms with E-state index in [1.807, 2.05) is 0 Å². The zero-order valence-electron chi connectivity index (χ0n) is 22.7. The van der Waals surface area contributed by atoms with Gasteiger partial charge in [-0.2, -0.15) is 13.4 Å². The Hall–Kier alpha value is -3.64. The van der Waals surface area contributed by atoms with Crippen LogP contribution in [0.15, 0.2) is 77.7 Å². The zero-order chi connectivity index (χ0) is 32.8. The van der Waals surface area contributed by atoms with Crippen LogP contribution in [0.4, 0.5) is 0 Å². The number of hydrogen-bond donors (Lipinski definition) is 0. The lowest BCUT2D eigenvalue weighted by Crippen LogP contribution is -2.51. The molecule has 0 spiro atoms. The van der Waals surface area contributed by atoms with Crippen molar-refractivity contribution in [1.82, 2.24) is 10.0 Å². The van der Waals surface area contributed by atoms with Crippen LogP contribution in [0.1, 0.15) is 47.0 Å². The number of carbonyl (C=O) groups is 4. The molecule has 0 aliphatic carbocycles. The molecule has 0 radical (unpaired) electrons. The molecule has 0 aromatic heterocycles. The fourth-order valence-electron chi connectivity index (χ4n) is 4.33. The predicted molar refractivity (Wildman–Crippen MR) is 169 cm³/mol. The van der Waals surface area contributed by atoms with Gasteiger partial charge in [-0.3, -0.25) is 19.2 Å². The number of Topliss-reactive ketones (excluding diaryl/α,β-unsaturated/α-hetero) is 1. The summed E-state index contributed by atoms with van der Waals surface area (Å²) in [5.41, 5.74) is 0.0719. The minimum Gasteiger partial charge on any atom is -0.379 e. The monoisotopic (exact) mass is 724 g/mol. The van der Waals surface area contributed by atoms with Gasteiger partial charge in [0.1, 0.15) is 17.2 Å². The Balaban J connectivity index is 1.46. The van der Waals surface area contributed by atoms with Gasteiger partial charge >= 0.3 is 10.1 Å². The Kier molecular flexibility index (Phi) is 9.19. The summed E-state index contributed by atoms with van der Waals surface area (Å²) < 4.78 is 30.5. The number of amides is 3. The number of carbonyl (C=O) groups excluding carboxylic acids is 4. The van der Waals surface area contributed by atoms with Gasteiger partial charge in [0, 0.05) is 16.1 Å². The molecule has 0 unspecified atom stereocenters. The molecule has 4 aromatic carbocycles. The van der Waals surface area contributed by atoms with Crippen LogP contribution in [0.25, 0.3) is 0 Å². The molecular weight excluding hydrogens is 710 g/mol. The van der Waals surface area contributed by atoms with Crippen LogP contribution < -0.4 is 4.18 Å². The second-order valence-corrected chi connectivity index (χ2v) is 13.1. The van der Waals surface area contributed by atoms with Gasteiger partial charge < -0.3 is 4.18 Å². The number of ketones is 1. The Morgan fingerprint density at radius 2 is 1.20 bits per heavy atom. The third-order valence-corrected chi connectivity index (χ3v) is 9.95. The molecule has 15 heteroatoms. The third-order valence-electron chi connectivity index (χ3n) is 6.63. The number of hydrazine groups is 1. The number of benzene rings is 4. The molecule has 45 heavy (non-hydrogen) atoms. The van der Waals surface area contributed by atoms with Crippen molar-refractivity contribution in [3.05, 3.63) is 126 Å². The summed E-state index contributed by atoms with van der Waals surface area (Å²) in [5.74, 6) is -3.86. The van der Waals surface area contributed by atoms with E-state index in [0.29, 0.717) is 15.0 Å². The van der Waals surface area contributed by atoms with E-state index in [0.717, 1.165) is 5.56 Å². The molecular formula is C30H17Cl5N2O7S. The van der Waals surface area contributed by atoms with Crippen LogP contribution in [0, 0.1) is 6.92 Å². The molecule has 1 aliphatic heterocycles. The van der Waals surface area contributed by atoms with Gasteiger partial charge in [0.2, 0.25) is 0 Å². The van der Waals surface area contributed by atoms with Crippen molar-refractivity contribution in [2.75, 3.05) is 6.54 Å². The normalized spacial score (nSPS) is 12.7. The average Bonchev–Trinajstić information content (AvgIpc) is 3.27. The molecule has 5 rings (SSSR count).